The van der Waals surface area contributed by atoms with Crippen molar-refractivity contribution in [3.05, 3.63) is 28.8 Å². The molecule has 3 nitrogen and oxygen atoms in total. The van der Waals surface area contributed by atoms with Crippen molar-refractivity contribution in [3.63, 3.8) is 0 Å². The maximum atomic E-state index is 5.55. The van der Waals surface area contributed by atoms with Crippen molar-refractivity contribution in [2.24, 2.45) is 5.73 Å². The minimum atomic E-state index is 0.649. The van der Waals surface area contributed by atoms with E-state index in [-0.39, 0.29) is 0 Å². The molecule has 0 unspecified atom stereocenters. The van der Waals surface area contributed by atoms with Crippen LogP contribution in [0.1, 0.15) is 23.1 Å². The first-order valence-corrected chi connectivity index (χ1v) is 5.61. The zero-order chi connectivity index (χ0) is 12.0. The summed E-state index contributed by atoms with van der Waals surface area (Å²) in [6.07, 6.45) is 0.911. The number of rotatable bonds is 6. The van der Waals surface area contributed by atoms with E-state index in [1.54, 1.807) is 7.11 Å². The first-order valence-electron chi connectivity index (χ1n) is 5.61. The van der Waals surface area contributed by atoms with Gasteiger partial charge in [0.2, 0.25) is 0 Å². The molecular formula is C13H21NO2. The Hall–Kier alpha value is -1.06. The fourth-order valence-corrected chi connectivity index (χ4v) is 1.60. The Morgan fingerprint density at radius 1 is 1.19 bits per heavy atom. The molecule has 0 aromatic heterocycles. The lowest BCUT2D eigenvalue weighted by atomic mass is 10.0. The first kappa shape index (κ1) is 13.0. The highest BCUT2D eigenvalue weighted by molar-refractivity contribution is 5.43. The zero-order valence-corrected chi connectivity index (χ0v) is 10.4. The summed E-state index contributed by atoms with van der Waals surface area (Å²) in [6.45, 7) is 6.22. The summed E-state index contributed by atoms with van der Waals surface area (Å²) < 4.78 is 10.8. The molecule has 3 heteroatoms. The quantitative estimate of drug-likeness (QED) is 0.752. The summed E-state index contributed by atoms with van der Waals surface area (Å²) in [6, 6.07) is 4.05. The third-order valence-electron chi connectivity index (χ3n) is 2.82. The van der Waals surface area contributed by atoms with Gasteiger partial charge in [0.15, 0.2) is 0 Å². The van der Waals surface area contributed by atoms with Crippen molar-refractivity contribution < 1.29 is 9.47 Å². The average Bonchev–Trinajstić information content (AvgIpc) is 2.30. The van der Waals surface area contributed by atoms with Gasteiger partial charge < -0.3 is 15.2 Å². The van der Waals surface area contributed by atoms with Gasteiger partial charge in [-0.25, -0.2) is 0 Å². The van der Waals surface area contributed by atoms with Crippen molar-refractivity contribution in [2.45, 2.75) is 26.9 Å². The number of hydrogen-bond donors (Lipinski definition) is 1. The molecule has 0 fully saturated rings. The summed E-state index contributed by atoms with van der Waals surface area (Å²) in [5.41, 5.74) is 9.05. The zero-order valence-electron chi connectivity index (χ0n) is 10.4. The molecule has 0 spiro atoms. The molecule has 1 aromatic rings. The second-order valence-corrected chi connectivity index (χ2v) is 3.87. The van der Waals surface area contributed by atoms with Gasteiger partial charge in [-0.05, 0) is 49.6 Å². The Kier molecular flexibility index (Phi) is 5.29. The van der Waals surface area contributed by atoms with Gasteiger partial charge in [0.05, 0.1) is 13.7 Å². The van der Waals surface area contributed by atoms with Crippen molar-refractivity contribution in [3.8, 4) is 5.75 Å². The van der Waals surface area contributed by atoms with E-state index in [0.29, 0.717) is 13.2 Å². The molecule has 1 rings (SSSR count). The van der Waals surface area contributed by atoms with Crippen LogP contribution in [-0.2, 0) is 11.3 Å². The predicted octanol–water partition coefficient (Wildman–Crippen LogP) is 2.18. The molecule has 16 heavy (non-hydrogen) atoms. The molecule has 0 amide bonds. The van der Waals surface area contributed by atoms with E-state index in [2.05, 4.69) is 19.9 Å². The standard InChI is InChI=1S/C13H21NO2/c1-10-11(2)13(15-3)6-5-12(10)9-16-8-4-7-14/h5-6H,4,7-9,14H2,1-3H3. The predicted molar refractivity (Wildman–Crippen MR) is 65.8 cm³/mol. The minimum absolute atomic E-state index is 0.649. The molecule has 0 aliphatic rings. The van der Waals surface area contributed by atoms with Crippen LogP contribution in [0.3, 0.4) is 0 Å². The third-order valence-corrected chi connectivity index (χ3v) is 2.82. The van der Waals surface area contributed by atoms with Crippen LogP contribution in [0, 0.1) is 13.8 Å². The number of nitrogens with two attached hydrogens (primary N) is 1. The number of methoxy groups -OCH3 is 1. The highest BCUT2D eigenvalue weighted by Gasteiger charge is 2.06. The normalized spacial score (nSPS) is 10.5. The lowest BCUT2D eigenvalue weighted by Crippen LogP contribution is -2.05. The van der Waals surface area contributed by atoms with Crippen LogP contribution in [0.2, 0.25) is 0 Å². The summed E-state index contributed by atoms with van der Waals surface area (Å²) in [7, 11) is 1.69. The van der Waals surface area contributed by atoms with Gasteiger partial charge in [0.1, 0.15) is 5.75 Å². The topological polar surface area (TPSA) is 44.5 Å². The van der Waals surface area contributed by atoms with Crippen molar-refractivity contribution in [2.75, 3.05) is 20.3 Å². The molecule has 0 radical (unpaired) electrons. The van der Waals surface area contributed by atoms with Crippen LogP contribution < -0.4 is 10.5 Å². The van der Waals surface area contributed by atoms with E-state index in [9.17, 15) is 0 Å². The lowest BCUT2D eigenvalue weighted by Gasteiger charge is -2.12. The van der Waals surface area contributed by atoms with Crippen LogP contribution in [0.4, 0.5) is 0 Å². The fourth-order valence-electron chi connectivity index (χ4n) is 1.60. The number of benzene rings is 1. The van der Waals surface area contributed by atoms with E-state index >= 15 is 0 Å². The Morgan fingerprint density at radius 2 is 1.94 bits per heavy atom. The Bertz CT molecular complexity index is 337. The molecule has 90 valence electrons. The summed E-state index contributed by atoms with van der Waals surface area (Å²) in [5, 5.41) is 0. The van der Waals surface area contributed by atoms with Crippen LogP contribution in [0.15, 0.2) is 12.1 Å². The van der Waals surface area contributed by atoms with E-state index in [0.717, 1.165) is 18.8 Å². The summed E-state index contributed by atoms with van der Waals surface area (Å²) in [4.78, 5) is 0. The van der Waals surface area contributed by atoms with Crippen LogP contribution >= 0.6 is 0 Å². The van der Waals surface area contributed by atoms with Crippen LogP contribution in [-0.4, -0.2) is 20.3 Å². The second kappa shape index (κ2) is 6.51. The third kappa shape index (κ3) is 3.22. The summed E-state index contributed by atoms with van der Waals surface area (Å²) >= 11 is 0. The molecule has 0 saturated carbocycles. The van der Waals surface area contributed by atoms with Crippen molar-refractivity contribution in [1.82, 2.24) is 0 Å². The SMILES string of the molecule is COc1ccc(COCCCN)c(C)c1C. The van der Waals surface area contributed by atoms with Gasteiger partial charge >= 0.3 is 0 Å². The maximum absolute atomic E-state index is 5.55. The second-order valence-electron chi connectivity index (χ2n) is 3.87. The monoisotopic (exact) mass is 223 g/mol. The molecule has 2 N–H and O–H groups in total. The first-order chi connectivity index (χ1) is 7.70. The van der Waals surface area contributed by atoms with Gasteiger partial charge in [-0.3, -0.25) is 0 Å². The van der Waals surface area contributed by atoms with Crippen LogP contribution in [0.25, 0.3) is 0 Å². The molecule has 0 aliphatic heterocycles. The van der Waals surface area contributed by atoms with E-state index < -0.39 is 0 Å². The molecule has 0 atom stereocenters. The number of hydrogen-bond acceptors (Lipinski definition) is 3. The van der Waals surface area contributed by atoms with Gasteiger partial charge in [-0.1, -0.05) is 6.07 Å². The van der Waals surface area contributed by atoms with Crippen LogP contribution in [0.5, 0.6) is 5.75 Å². The summed E-state index contributed by atoms with van der Waals surface area (Å²) in [5.74, 6) is 0.934. The molecule has 0 heterocycles. The lowest BCUT2D eigenvalue weighted by molar-refractivity contribution is 0.119. The van der Waals surface area contributed by atoms with Gasteiger partial charge in [-0.15, -0.1) is 0 Å². The Labute approximate surface area is 97.6 Å². The van der Waals surface area contributed by atoms with Crippen molar-refractivity contribution in [1.29, 1.82) is 0 Å². The highest BCUT2D eigenvalue weighted by Crippen LogP contribution is 2.24. The number of ether oxygens (including phenoxy) is 2. The largest absolute Gasteiger partial charge is 0.496 e. The fraction of sp³-hybridized carbons (Fsp3) is 0.538. The molecule has 1 aromatic carbocycles. The smallest absolute Gasteiger partial charge is 0.122 e. The van der Waals surface area contributed by atoms with Gasteiger partial charge in [-0.2, -0.15) is 0 Å². The maximum Gasteiger partial charge on any atom is 0.122 e. The van der Waals surface area contributed by atoms with Crippen molar-refractivity contribution >= 4 is 0 Å². The molecule has 0 saturated heterocycles. The van der Waals surface area contributed by atoms with Gasteiger partial charge in [0.25, 0.3) is 0 Å². The van der Waals surface area contributed by atoms with Gasteiger partial charge in [0, 0.05) is 6.61 Å². The highest BCUT2D eigenvalue weighted by atomic mass is 16.5. The van der Waals surface area contributed by atoms with E-state index in [1.807, 2.05) is 6.07 Å². The molecule has 0 bridgehead atoms. The Balaban J connectivity index is 2.64. The molecular weight excluding hydrogens is 202 g/mol. The van der Waals surface area contributed by atoms with E-state index in [1.165, 1.54) is 16.7 Å². The van der Waals surface area contributed by atoms with E-state index in [4.69, 9.17) is 15.2 Å². The minimum Gasteiger partial charge on any atom is -0.496 e. The Morgan fingerprint density at radius 3 is 2.56 bits per heavy atom. The average molecular weight is 223 g/mol. The molecule has 0 aliphatic carbocycles.